The summed E-state index contributed by atoms with van der Waals surface area (Å²) in [4.78, 5) is 40.1. The summed E-state index contributed by atoms with van der Waals surface area (Å²) in [6.07, 6.45) is 2.03. The van der Waals surface area contributed by atoms with Gasteiger partial charge in [-0.05, 0) is 67.2 Å². The van der Waals surface area contributed by atoms with Crippen molar-refractivity contribution in [2.45, 2.75) is 84.5 Å². The van der Waals surface area contributed by atoms with Crippen molar-refractivity contribution in [2.75, 3.05) is 13.1 Å². The molecule has 7 heteroatoms. The van der Waals surface area contributed by atoms with E-state index < -0.39 is 17.3 Å². The lowest BCUT2D eigenvalue weighted by Gasteiger charge is -2.29. The number of nitrogens with zero attached hydrogens (tertiary/aromatic N) is 2. The molecule has 2 unspecified atom stereocenters. The molecule has 2 aliphatic heterocycles. The van der Waals surface area contributed by atoms with Crippen LogP contribution < -0.4 is 0 Å². The maximum Gasteiger partial charge on any atom is 0.417 e. The molecule has 148 valence electrons. The van der Waals surface area contributed by atoms with Gasteiger partial charge in [-0.25, -0.2) is 14.5 Å². The third-order valence-electron chi connectivity index (χ3n) is 4.49. The lowest BCUT2D eigenvalue weighted by molar-refractivity contribution is -0.130. The highest BCUT2D eigenvalue weighted by Crippen LogP contribution is 2.31. The second-order valence-electron chi connectivity index (χ2n) is 9.16. The average Bonchev–Trinajstić information content (AvgIpc) is 3.03. The highest BCUT2D eigenvalue weighted by Gasteiger charge is 2.41. The van der Waals surface area contributed by atoms with Crippen LogP contribution in [0.5, 0.6) is 0 Å². The summed E-state index contributed by atoms with van der Waals surface area (Å²) in [5.74, 6) is -0.453. The zero-order chi connectivity index (χ0) is 19.7. The Bertz CT molecular complexity index is 561. The van der Waals surface area contributed by atoms with Gasteiger partial charge in [0.05, 0.1) is 0 Å². The molecule has 26 heavy (non-hydrogen) atoms. The molecule has 7 nitrogen and oxygen atoms in total. The van der Waals surface area contributed by atoms with Gasteiger partial charge >= 0.3 is 12.2 Å². The van der Waals surface area contributed by atoms with E-state index in [4.69, 9.17) is 9.47 Å². The van der Waals surface area contributed by atoms with Gasteiger partial charge in [-0.1, -0.05) is 0 Å². The van der Waals surface area contributed by atoms with Crippen molar-refractivity contribution >= 4 is 18.1 Å². The van der Waals surface area contributed by atoms with Crippen LogP contribution in [0.2, 0.25) is 0 Å². The van der Waals surface area contributed by atoms with E-state index in [-0.39, 0.29) is 24.0 Å². The molecule has 2 atom stereocenters. The highest BCUT2D eigenvalue weighted by molar-refractivity contribution is 5.95. The predicted octanol–water partition coefficient (Wildman–Crippen LogP) is 3.56. The fraction of sp³-hybridized carbons (Fsp3) is 0.842. The molecule has 2 heterocycles. The van der Waals surface area contributed by atoms with Crippen LogP contribution in [0.4, 0.5) is 9.59 Å². The maximum atomic E-state index is 12.6. The molecule has 0 aromatic heterocycles. The van der Waals surface area contributed by atoms with E-state index in [0.29, 0.717) is 25.9 Å². The summed E-state index contributed by atoms with van der Waals surface area (Å²) in [7, 11) is 0. The SMILES string of the molecule is CC(C)(C)OC(=O)N1CCC(CC2CCCN2C(=O)OC(C)(C)C)C1=O. The Labute approximate surface area is 156 Å². The Morgan fingerprint density at radius 3 is 2.12 bits per heavy atom. The molecule has 0 aromatic carbocycles. The van der Waals surface area contributed by atoms with Crippen LogP contribution >= 0.6 is 0 Å². The molecular weight excluding hydrogens is 336 g/mol. The molecule has 0 bridgehead atoms. The number of rotatable bonds is 2. The van der Waals surface area contributed by atoms with Crippen LogP contribution in [-0.2, 0) is 14.3 Å². The standard InChI is InChI=1S/C19H32N2O5/c1-18(2,3)25-16(23)20-10-7-8-14(20)12-13-9-11-21(15(13)22)17(24)26-19(4,5)6/h13-14H,7-12H2,1-6H3. The van der Waals surface area contributed by atoms with Crippen LogP contribution in [0.25, 0.3) is 0 Å². The van der Waals surface area contributed by atoms with E-state index in [2.05, 4.69) is 0 Å². The van der Waals surface area contributed by atoms with Crippen molar-refractivity contribution in [2.24, 2.45) is 5.92 Å². The van der Waals surface area contributed by atoms with Gasteiger partial charge in [-0.3, -0.25) is 4.79 Å². The van der Waals surface area contributed by atoms with Gasteiger partial charge in [0, 0.05) is 25.0 Å². The number of carbonyl (C=O) groups excluding carboxylic acids is 3. The first kappa shape index (κ1) is 20.5. The van der Waals surface area contributed by atoms with Gasteiger partial charge in [0.1, 0.15) is 11.2 Å². The topological polar surface area (TPSA) is 76.2 Å². The third kappa shape index (κ3) is 5.35. The number of carbonyl (C=O) groups is 3. The molecule has 0 spiro atoms. The molecule has 0 aromatic rings. The maximum absolute atomic E-state index is 12.6. The summed E-state index contributed by atoms with van der Waals surface area (Å²) in [5, 5.41) is 0. The minimum Gasteiger partial charge on any atom is -0.444 e. The number of hydrogen-bond acceptors (Lipinski definition) is 5. The third-order valence-corrected chi connectivity index (χ3v) is 4.49. The molecule has 0 radical (unpaired) electrons. The summed E-state index contributed by atoms with van der Waals surface area (Å²) < 4.78 is 10.8. The van der Waals surface area contributed by atoms with Crippen LogP contribution in [0, 0.1) is 5.92 Å². The van der Waals surface area contributed by atoms with Crippen LogP contribution in [0.15, 0.2) is 0 Å². The van der Waals surface area contributed by atoms with E-state index in [1.807, 2.05) is 20.8 Å². The van der Waals surface area contributed by atoms with Gasteiger partial charge in [0.2, 0.25) is 5.91 Å². The summed E-state index contributed by atoms with van der Waals surface area (Å²) in [6, 6.07) is -0.0163. The Balaban J connectivity index is 1.95. The molecular formula is C19H32N2O5. The number of amides is 3. The molecule has 2 saturated heterocycles. The summed E-state index contributed by atoms with van der Waals surface area (Å²) in [6.45, 7) is 11.9. The Morgan fingerprint density at radius 1 is 0.962 bits per heavy atom. The molecule has 0 aliphatic carbocycles. The first-order valence-electron chi connectivity index (χ1n) is 9.41. The zero-order valence-corrected chi connectivity index (χ0v) is 16.8. The van der Waals surface area contributed by atoms with Gasteiger partial charge in [-0.15, -0.1) is 0 Å². The normalized spacial score (nSPS) is 24.2. The predicted molar refractivity (Wildman–Crippen MR) is 96.6 cm³/mol. The number of likely N-dealkylation sites (tertiary alicyclic amines) is 2. The largest absolute Gasteiger partial charge is 0.444 e. The van der Waals surface area contributed by atoms with Crippen LogP contribution in [0.3, 0.4) is 0 Å². The van der Waals surface area contributed by atoms with Crippen molar-refractivity contribution in [3.8, 4) is 0 Å². The van der Waals surface area contributed by atoms with Crippen LogP contribution in [-0.4, -0.2) is 58.2 Å². The van der Waals surface area contributed by atoms with Gasteiger partial charge in [0.15, 0.2) is 0 Å². The molecule has 0 N–H and O–H groups in total. The van der Waals surface area contributed by atoms with Crippen molar-refractivity contribution in [3.05, 3.63) is 0 Å². The Morgan fingerprint density at radius 2 is 1.54 bits per heavy atom. The smallest absolute Gasteiger partial charge is 0.417 e. The zero-order valence-electron chi connectivity index (χ0n) is 16.8. The van der Waals surface area contributed by atoms with Gasteiger partial charge in [-0.2, -0.15) is 0 Å². The first-order valence-corrected chi connectivity index (χ1v) is 9.41. The Kier molecular flexibility index (Phi) is 5.88. The molecule has 2 aliphatic rings. The number of hydrogen-bond donors (Lipinski definition) is 0. The second kappa shape index (κ2) is 7.45. The summed E-state index contributed by atoms with van der Waals surface area (Å²) >= 11 is 0. The Hall–Kier alpha value is -1.79. The number of ether oxygens (including phenoxy) is 2. The fourth-order valence-corrected chi connectivity index (χ4v) is 3.43. The van der Waals surface area contributed by atoms with Gasteiger partial charge in [0.25, 0.3) is 0 Å². The van der Waals surface area contributed by atoms with Crippen molar-refractivity contribution < 1.29 is 23.9 Å². The fourth-order valence-electron chi connectivity index (χ4n) is 3.43. The van der Waals surface area contributed by atoms with Gasteiger partial charge < -0.3 is 14.4 Å². The molecule has 2 fully saturated rings. The van der Waals surface area contributed by atoms with E-state index in [1.54, 1.807) is 25.7 Å². The average molecular weight is 368 g/mol. The number of imide groups is 1. The molecule has 3 amide bonds. The molecule has 2 rings (SSSR count). The lowest BCUT2D eigenvalue weighted by atomic mass is 9.97. The highest BCUT2D eigenvalue weighted by atomic mass is 16.6. The second-order valence-corrected chi connectivity index (χ2v) is 9.16. The minimum atomic E-state index is -0.631. The lowest BCUT2D eigenvalue weighted by Crippen LogP contribution is -2.42. The van der Waals surface area contributed by atoms with Crippen LogP contribution in [0.1, 0.15) is 67.2 Å². The molecule has 0 saturated carbocycles. The monoisotopic (exact) mass is 368 g/mol. The van der Waals surface area contributed by atoms with Crippen molar-refractivity contribution in [1.82, 2.24) is 9.80 Å². The van der Waals surface area contributed by atoms with E-state index >= 15 is 0 Å². The van der Waals surface area contributed by atoms with E-state index in [0.717, 1.165) is 12.8 Å². The quantitative estimate of drug-likeness (QED) is 0.745. The minimum absolute atomic E-state index is 0.0163. The first-order chi connectivity index (χ1) is 11.9. The van der Waals surface area contributed by atoms with Crippen molar-refractivity contribution in [3.63, 3.8) is 0 Å². The summed E-state index contributed by atoms with van der Waals surface area (Å²) in [5.41, 5.74) is -1.17. The van der Waals surface area contributed by atoms with E-state index in [1.165, 1.54) is 4.90 Å². The van der Waals surface area contributed by atoms with Crippen molar-refractivity contribution in [1.29, 1.82) is 0 Å². The van der Waals surface area contributed by atoms with E-state index in [9.17, 15) is 14.4 Å².